The maximum atomic E-state index is 12.4. The van der Waals surface area contributed by atoms with E-state index in [1.807, 2.05) is 0 Å². The molecule has 0 unspecified atom stereocenters. The van der Waals surface area contributed by atoms with E-state index in [1.54, 1.807) is 55.5 Å². The molecule has 0 atom stereocenters. The monoisotopic (exact) mass is 414 g/mol. The minimum atomic E-state index is -3.15. The number of carbonyl (C=O) groups excluding carboxylic acids is 1. The smallest absolute Gasteiger partial charge is 0.288 e. The molecule has 2 rings (SSSR count). The van der Waals surface area contributed by atoms with Crippen LogP contribution in [0.2, 0.25) is 0 Å². The second kappa shape index (κ2) is 9.70. The summed E-state index contributed by atoms with van der Waals surface area (Å²) in [5, 5.41) is 5.68. The Morgan fingerprint density at radius 1 is 1.11 bits per heavy atom. The molecule has 0 aliphatic heterocycles. The van der Waals surface area contributed by atoms with Crippen molar-refractivity contribution in [3.63, 3.8) is 0 Å². The third kappa shape index (κ3) is 6.84. The predicted molar refractivity (Wildman–Crippen MR) is 105 cm³/mol. The Bertz CT molecular complexity index is 872. The largest absolute Gasteiger partial charge is 0.355 e. The molecule has 0 heterocycles. The Kier molecular flexibility index (Phi) is 7.61. The first-order valence-electron chi connectivity index (χ1n) is 8.20. The van der Waals surface area contributed by atoms with Crippen LogP contribution in [-0.4, -0.2) is 38.1 Å². The molecule has 0 fully saturated rings. The van der Waals surface area contributed by atoms with Gasteiger partial charge in [0, 0.05) is 22.9 Å². The van der Waals surface area contributed by atoms with Gasteiger partial charge in [-0.2, -0.15) is 8.78 Å². The van der Waals surface area contributed by atoms with Gasteiger partial charge in [-0.25, -0.2) is 8.42 Å². The maximum absolute atomic E-state index is 12.4. The molecule has 0 spiro atoms. The highest BCUT2D eigenvalue weighted by molar-refractivity contribution is 7.99. The summed E-state index contributed by atoms with van der Waals surface area (Å²) in [7, 11) is -3.15. The van der Waals surface area contributed by atoms with Crippen LogP contribution in [0.5, 0.6) is 0 Å². The van der Waals surface area contributed by atoms with Crippen LogP contribution in [0.1, 0.15) is 17.3 Å². The summed E-state index contributed by atoms with van der Waals surface area (Å²) in [6.45, 7) is 1.59. The van der Waals surface area contributed by atoms with Crippen LogP contribution in [0, 0.1) is 0 Å². The molecule has 0 saturated carbocycles. The molecule has 27 heavy (non-hydrogen) atoms. The fourth-order valence-corrected chi connectivity index (χ4v) is 3.43. The summed E-state index contributed by atoms with van der Waals surface area (Å²) < 4.78 is 47.8. The Hall–Kier alpha value is -2.13. The van der Waals surface area contributed by atoms with Crippen molar-refractivity contribution in [2.75, 3.05) is 23.4 Å². The van der Waals surface area contributed by atoms with Gasteiger partial charge >= 0.3 is 0 Å². The number of halogens is 2. The molecule has 1 amide bonds. The summed E-state index contributed by atoms with van der Waals surface area (Å²) >= 11 is 0.460. The Balaban J connectivity index is 2.05. The topological polar surface area (TPSA) is 75.3 Å². The lowest BCUT2D eigenvalue weighted by molar-refractivity contribution is 0.0957. The lowest BCUT2D eigenvalue weighted by Crippen LogP contribution is -2.30. The van der Waals surface area contributed by atoms with Crippen LogP contribution in [-0.2, 0) is 9.84 Å². The second-order valence-electron chi connectivity index (χ2n) is 5.57. The molecule has 5 nitrogen and oxygen atoms in total. The first kappa shape index (κ1) is 21.2. The number of rotatable bonds is 9. The van der Waals surface area contributed by atoms with E-state index in [-0.39, 0.29) is 18.1 Å². The van der Waals surface area contributed by atoms with Crippen molar-refractivity contribution >= 4 is 38.9 Å². The zero-order valence-corrected chi connectivity index (χ0v) is 16.2. The number of benzene rings is 2. The molecule has 0 aromatic heterocycles. The number of sulfone groups is 1. The van der Waals surface area contributed by atoms with Gasteiger partial charge in [0.2, 0.25) is 0 Å². The van der Waals surface area contributed by atoms with Crippen LogP contribution in [0.25, 0.3) is 0 Å². The van der Waals surface area contributed by atoms with Crippen molar-refractivity contribution in [2.45, 2.75) is 17.6 Å². The number of hydrogen-bond acceptors (Lipinski definition) is 5. The summed E-state index contributed by atoms with van der Waals surface area (Å²) in [5.41, 5.74) is 1.53. The normalized spacial score (nSPS) is 11.4. The van der Waals surface area contributed by atoms with Gasteiger partial charge in [-0.15, -0.1) is 0 Å². The Labute approximate surface area is 161 Å². The molecule has 0 aliphatic carbocycles. The van der Waals surface area contributed by atoms with Gasteiger partial charge in [-0.1, -0.05) is 30.8 Å². The highest BCUT2D eigenvalue weighted by Crippen LogP contribution is 2.27. The average molecular weight is 414 g/mol. The quantitative estimate of drug-likeness (QED) is 0.609. The van der Waals surface area contributed by atoms with Crippen molar-refractivity contribution < 1.29 is 22.0 Å². The van der Waals surface area contributed by atoms with Crippen molar-refractivity contribution in [1.82, 2.24) is 5.32 Å². The number of alkyl halides is 2. The van der Waals surface area contributed by atoms with Crippen molar-refractivity contribution in [1.29, 1.82) is 0 Å². The molecule has 0 aliphatic rings. The molecule has 9 heteroatoms. The van der Waals surface area contributed by atoms with Gasteiger partial charge in [0.05, 0.1) is 17.0 Å². The molecule has 146 valence electrons. The highest BCUT2D eigenvalue weighted by Gasteiger charge is 2.13. The Morgan fingerprint density at radius 2 is 1.78 bits per heavy atom. The molecule has 2 N–H and O–H groups in total. The standard InChI is InChI=1S/C18H20F2N2O3S2/c1-2-27(24,25)12-11-21-17(23)15-5-3-4-6-16(15)22-13-7-9-14(10-8-13)26-18(19)20/h3-10,18,22H,2,11-12H2,1H3,(H,21,23). The van der Waals surface area contributed by atoms with Crippen molar-refractivity contribution in [2.24, 2.45) is 0 Å². The van der Waals surface area contributed by atoms with E-state index in [9.17, 15) is 22.0 Å². The summed E-state index contributed by atoms with van der Waals surface area (Å²) in [5.74, 6) is -2.96. The van der Waals surface area contributed by atoms with E-state index in [0.717, 1.165) is 0 Å². The zero-order chi connectivity index (χ0) is 19.9. The van der Waals surface area contributed by atoms with E-state index >= 15 is 0 Å². The molecular formula is C18H20F2N2O3S2. The minimum Gasteiger partial charge on any atom is -0.355 e. The van der Waals surface area contributed by atoms with Crippen molar-refractivity contribution in [3.8, 4) is 0 Å². The number of amides is 1. The number of thioether (sulfide) groups is 1. The third-order valence-corrected chi connectivity index (χ3v) is 6.10. The minimum absolute atomic E-state index is 0.0286. The van der Waals surface area contributed by atoms with E-state index < -0.39 is 21.5 Å². The maximum Gasteiger partial charge on any atom is 0.288 e. The molecule has 2 aromatic carbocycles. The van der Waals surface area contributed by atoms with Crippen LogP contribution in [0.3, 0.4) is 0 Å². The number of para-hydroxylation sites is 1. The van der Waals surface area contributed by atoms with Gasteiger partial charge in [0.15, 0.2) is 9.84 Å². The fraction of sp³-hybridized carbons (Fsp3) is 0.278. The molecule has 0 radical (unpaired) electrons. The van der Waals surface area contributed by atoms with Crippen LogP contribution >= 0.6 is 11.8 Å². The fourth-order valence-electron chi connectivity index (χ4n) is 2.22. The lowest BCUT2D eigenvalue weighted by atomic mass is 10.1. The summed E-state index contributed by atoms with van der Waals surface area (Å²) in [6, 6.07) is 13.2. The molecule has 0 bridgehead atoms. The van der Waals surface area contributed by atoms with E-state index in [0.29, 0.717) is 33.6 Å². The van der Waals surface area contributed by atoms with E-state index in [4.69, 9.17) is 0 Å². The van der Waals surface area contributed by atoms with Crippen molar-refractivity contribution in [3.05, 3.63) is 54.1 Å². The van der Waals surface area contributed by atoms with Gasteiger partial charge < -0.3 is 10.6 Å². The van der Waals surface area contributed by atoms with Gasteiger partial charge in [-0.05, 0) is 36.4 Å². The second-order valence-corrected chi connectivity index (χ2v) is 9.10. The zero-order valence-electron chi connectivity index (χ0n) is 14.6. The number of hydrogen-bond donors (Lipinski definition) is 2. The average Bonchev–Trinajstić information content (AvgIpc) is 2.63. The van der Waals surface area contributed by atoms with E-state index in [2.05, 4.69) is 10.6 Å². The van der Waals surface area contributed by atoms with Crippen LogP contribution < -0.4 is 10.6 Å². The summed E-state index contributed by atoms with van der Waals surface area (Å²) in [4.78, 5) is 12.8. The van der Waals surface area contributed by atoms with Crippen LogP contribution in [0.15, 0.2) is 53.4 Å². The van der Waals surface area contributed by atoms with Crippen LogP contribution in [0.4, 0.5) is 20.2 Å². The highest BCUT2D eigenvalue weighted by atomic mass is 32.2. The predicted octanol–water partition coefficient (Wildman–Crippen LogP) is 3.91. The van der Waals surface area contributed by atoms with E-state index in [1.165, 1.54) is 0 Å². The molecule has 0 saturated heterocycles. The lowest BCUT2D eigenvalue weighted by Gasteiger charge is -2.13. The van der Waals surface area contributed by atoms with Gasteiger partial charge in [-0.3, -0.25) is 4.79 Å². The molecular weight excluding hydrogens is 394 g/mol. The number of nitrogens with one attached hydrogen (secondary N) is 2. The first-order chi connectivity index (χ1) is 12.8. The van der Waals surface area contributed by atoms with Gasteiger partial charge in [0.1, 0.15) is 0 Å². The number of carbonyl (C=O) groups is 1. The first-order valence-corrected chi connectivity index (χ1v) is 10.9. The third-order valence-electron chi connectivity index (χ3n) is 3.67. The molecule has 2 aromatic rings. The van der Waals surface area contributed by atoms with Gasteiger partial charge in [0.25, 0.3) is 11.7 Å². The Morgan fingerprint density at radius 3 is 2.41 bits per heavy atom. The SMILES string of the molecule is CCS(=O)(=O)CCNC(=O)c1ccccc1Nc1ccc(SC(F)F)cc1. The number of anilines is 2. The summed E-state index contributed by atoms with van der Waals surface area (Å²) in [6.07, 6.45) is 0.